The molecule has 94 valence electrons. The predicted octanol–water partition coefficient (Wildman–Crippen LogP) is 2.46. The van der Waals surface area contributed by atoms with Crippen molar-refractivity contribution in [3.63, 3.8) is 0 Å². The average molecular weight is 255 g/mol. The Kier molecular flexibility index (Phi) is 4.29. The maximum Gasteiger partial charge on any atom is 0.168 e. The van der Waals surface area contributed by atoms with Gasteiger partial charge in [-0.3, -0.25) is 0 Å². The van der Waals surface area contributed by atoms with Crippen molar-refractivity contribution in [3.8, 4) is 5.75 Å². The molecule has 0 spiro atoms. The summed E-state index contributed by atoms with van der Waals surface area (Å²) in [6, 6.07) is 5.29. The second-order valence-electron chi connectivity index (χ2n) is 4.43. The highest BCUT2D eigenvalue weighted by atomic mass is 32.2. The van der Waals surface area contributed by atoms with Crippen LogP contribution in [0.25, 0.3) is 0 Å². The highest BCUT2D eigenvalue weighted by molar-refractivity contribution is 7.99. The van der Waals surface area contributed by atoms with Crippen molar-refractivity contribution < 1.29 is 9.13 Å². The van der Waals surface area contributed by atoms with E-state index in [1.54, 1.807) is 12.1 Å². The van der Waals surface area contributed by atoms with E-state index in [-0.39, 0.29) is 11.9 Å². The van der Waals surface area contributed by atoms with Crippen molar-refractivity contribution in [2.45, 2.75) is 18.9 Å². The molecule has 1 aliphatic heterocycles. The Hall–Kier alpha value is -0.740. The van der Waals surface area contributed by atoms with Crippen LogP contribution in [0, 0.1) is 11.7 Å². The van der Waals surface area contributed by atoms with Gasteiger partial charge in [0.1, 0.15) is 0 Å². The molecule has 1 aromatic carbocycles. The molecule has 1 saturated heterocycles. The molecule has 2 unspecified atom stereocenters. The third-order valence-corrected chi connectivity index (χ3v) is 4.48. The van der Waals surface area contributed by atoms with Crippen LogP contribution in [-0.4, -0.2) is 24.7 Å². The molecule has 1 fully saturated rings. The summed E-state index contributed by atoms with van der Waals surface area (Å²) in [5.41, 5.74) is 6.81. The molecule has 0 amide bonds. The first-order chi connectivity index (χ1) is 8.22. The minimum atomic E-state index is -0.267. The van der Waals surface area contributed by atoms with Crippen molar-refractivity contribution >= 4 is 11.8 Å². The second-order valence-corrected chi connectivity index (χ2v) is 5.57. The maximum atomic E-state index is 13.9. The number of halogens is 1. The lowest BCUT2D eigenvalue weighted by atomic mass is 9.93. The van der Waals surface area contributed by atoms with Crippen molar-refractivity contribution in [3.05, 3.63) is 29.6 Å². The standard InChI is InChI=1S/C13H18FNOS/c1-16-12-4-2-3-9(13(12)14)7-11(15)10-5-6-17-8-10/h2-4,10-11H,5-8,15H2,1H3. The zero-order valence-corrected chi connectivity index (χ0v) is 10.8. The molecule has 1 aliphatic rings. The SMILES string of the molecule is COc1cccc(CC(N)C2CCSC2)c1F. The zero-order valence-electron chi connectivity index (χ0n) is 9.99. The van der Waals surface area contributed by atoms with Crippen LogP contribution in [0.4, 0.5) is 4.39 Å². The van der Waals surface area contributed by atoms with Gasteiger partial charge in [-0.1, -0.05) is 12.1 Å². The fraction of sp³-hybridized carbons (Fsp3) is 0.538. The third-order valence-electron chi connectivity index (χ3n) is 3.29. The molecule has 1 heterocycles. The first kappa shape index (κ1) is 12.7. The summed E-state index contributed by atoms with van der Waals surface area (Å²) in [6.07, 6.45) is 1.74. The lowest BCUT2D eigenvalue weighted by Gasteiger charge is -2.18. The van der Waals surface area contributed by atoms with Gasteiger partial charge >= 0.3 is 0 Å². The predicted molar refractivity (Wildman–Crippen MR) is 70.1 cm³/mol. The molecule has 0 saturated carbocycles. The summed E-state index contributed by atoms with van der Waals surface area (Å²) in [7, 11) is 1.48. The van der Waals surface area contributed by atoms with Gasteiger partial charge in [0.15, 0.2) is 11.6 Å². The van der Waals surface area contributed by atoms with E-state index < -0.39 is 0 Å². The smallest absolute Gasteiger partial charge is 0.168 e. The van der Waals surface area contributed by atoms with Crippen molar-refractivity contribution in [1.29, 1.82) is 0 Å². The Morgan fingerprint density at radius 1 is 1.59 bits per heavy atom. The third kappa shape index (κ3) is 2.93. The van der Waals surface area contributed by atoms with E-state index in [0.29, 0.717) is 23.7 Å². The number of benzene rings is 1. The van der Waals surface area contributed by atoms with E-state index in [1.807, 2.05) is 17.8 Å². The van der Waals surface area contributed by atoms with Gasteiger partial charge in [0.05, 0.1) is 7.11 Å². The van der Waals surface area contributed by atoms with E-state index in [2.05, 4.69) is 0 Å². The number of hydrogen-bond donors (Lipinski definition) is 1. The number of ether oxygens (including phenoxy) is 1. The summed E-state index contributed by atoms with van der Waals surface area (Å²) in [5, 5.41) is 0. The van der Waals surface area contributed by atoms with Crippen molar-refractivity contribution in [1.82, 2.24) is 0 Å². The Morgan fingerprint density at radius 2 is 2.41 bits per heavy atom. The van der Waals surface area contributed by atoms with Gasteiger partial charge in [-0.05, 0) is 41.9 Å². The van der Waals surface area contributed by atoms with Crippen LogP contribution in [0.5, 0.6) is 5.75 Å². The highest BCUT2D eigenvalue weighted by Crippen LogP contribution is 2.28. The van der Waals surface area contributed by atoms with Crippen LogP contribution < -0.4 is 10.5 Å². The first-order valence-electron chi connectivity index (χ1n) is 5.87. The molecule has 1 aromatic rings. The molecular formula is C13H18FNOS. The fourth-order valence-corrected chi connectivity index (χ4v) is 3.54. The highest BCUT2D eigenvalue weighted by Gasteiger charge is 2.23. The fourth-order valence-electron chi connectivity index (χ4n) is 2.18. The Balaban J connectivity index is 2.07. The first-order valence-corrected chi connectivity index (χ1v) is 7.02. The summed E-state index contributed by atoms with van der Waals surface area (Å²) < 4.78 is 18.9. The Morgan fingerprint density at radius 3 is 3.06 bits per heavy atom. The maximum absolute atomic E-state index is 13.9. The number of thioether (sulfide) groups is 1. The molecule has 4 heteroatoms. The van der Waals surface area contributed by atoms with Gasteiger partial charge in [0, 0.05) is 6.04 Å². The van der Waals surface area contributed by atoms with E-state index in [4.69, 9.17) is 10.5 Å². The van der Waals surface area contributed by atoms with E-state index >= 15 is 0 Å². The second kappa shape index (κ2) is 5.74. The average Bonchev–Trinajstić information content (AvgIpc) is 2.85. The molecule has 0 aliphatic carbocycles. The van der Waals surface area contributed by atoms with Crippen LogP contribution >= 0.6 is 11.8 Å². The summed E-state index contributed by atoms with van der Waals surface area (Å²) in [5.74, 6) is 2.84. The lowest BCUT2D eigenvalue weighted by Crippen LogP contribution is -2.32. The monoisotopic (exact) mass is 255 g/mol. The molecule has 0 aromatic heterocycles. The molecule has 2 nitrogen and oxygen atoms in total. The molecule has 2 N–H and O–H groups in total. The molecule has 0 bridgehead atoms. The molecule has 17 heavy (non-hydrogen) atoms. The lowest BCUT2D eigenvalue weighted by molar-refractivity contribution is 0.381. The van der Waals surface area contributed by atoms with Crippen LogP contribution in [0.3, 0.4) is 0 Å². The minimum absolute atomic E-state index is 0.0478. The summed E-state index contributed by atoms with van der Waals surface area (Å²) in [4.78, 5) is 0. The number of nitrogens with two attached hydrogens (primary N) is 1. The van der Waals surface area contributed by atoms with Gasteiger partial charge in [-0.25, -0.2) is 4.39 Å². The van der Waals surface area contributed by atoms with Crippen LogP contribution in [-0.2, 0) is 6.42 Å². The van der Waals surface area contributed by atoms with Crippen molar-refractivity contribution in [2.24, 2.45) is 11.7 Å². The van der Waals surface area contributed by atoms with Gasteiger partial charge in [0.2, 0.25) is 0 Å². The van der Waals surface area contributed by atoms with Gasteiger partial charge in [0.25, 0.3) is 0 Å². The van der Waals surface area contributed by atoms with E-state index in [1.165, 1.54) is 12.9 Å². The van der Waals surface area contributed by atoms with E-state index in [9.17, 15) is 4.39 Å². The number of methoxy groups -OCH3 is 1. The quantitative estimate of drug-likeness (QED) is 0.897. The number of hydrogen-bond acceptors (Lipinski definition) is 3. The minimum Gasteiger partial charge on any atom is -0.494 e. The number of rotatable bonds is 4. The molecule has 0 radical (unpaired) electrons. The molecule has 2 rings (SSSR count). The largest absolute Gasteiger partial charge is 0.494 e. The van der Waals surface area contributed by atoms with E-state index in [0.717, 1.165) is 12.2 Å². The summed E-state index contributed by atoms with van der Waals surface area (Å²) >= 11 is 1.93. The molecule has 2 atom stereocenters. The van der Waals surface area contributed by atoms with Crippen LogP contribution in [0.1, 0.15) is 12.0 Å². The Bertz CT molecular complexity index is 380. The zero-order chi connectivity index (χ0) is 12.3. The van der Waals surface area contributed by atoms with Crippen molar-refractivity contribution in [2.75, 3.05) is 18.6 Å². The normalized spacial score (nSPS) is 21.5. The Labute approximate surface area is 106 Å². The molecular weight excluding hydrogens is 237 g/mol. The topological polar surface area (TPSA) is 35.2 Å². The van der Waals surface area contributed by atoms with Gasteiger partial charge in [-0.2, -0.15) is 11.8 Å². The summed E-state index contributed by atoms with van der Waals surface area (Å²) in [6.45, 7) is 0. The van der Waals surface area contributed by atoms with Crippen LogP contribution in [0.15, 0.2) is 18.2 Å². The van der Waals surface area contributed by atoms with Gasteiger partial charge < -0.3 is 10.5 Å². The van der Waals surface area contributed by atoms with Crippen LogP contribution in [0.2, 0.25) is 0 Å². The van der Waals surface area contributed by atoms with Gasteiger partial charge in [-0.15, -0.1) is 0 Å².